The van der Waals surface area contributed by atoms with Gasteiger partial charge in [0.25, 0.3) is 0 Å². The average molecular weight is 331 g/mol. The number of nitrogens with two attached hydrogens (primary N) is 1. The maximum absolute atomic E-state index is 12.3. The second kappa shape index (κ2) is 6.99. The molecule has 0 radical (unpaired) electrons. The summed E-state index contributed by atoms with van der Waals surface area (Å²) >= 11 is 5.80. The van der Waals surface area contributed by atoms with Crippen molar-refractivity contribution in [3.05, 3.63) is 23.2 Å². The third kappa shape index (κ3) is 4.34. The molecule has 2 rings (SSSR count). The van der Waals surface area contributed by atoms with Crippen molar-refractivity contribution in [2.75, 3.05) is 12.3 Å². The number of anilines is 1. The highest BCUT2D eigenvalue weighted by Gasteiger charge is 2.23. The van der Waals surface area contributed by atoms with Crippen LogP contribution in [0.5, 0.6) is 0 Å². The molecule has 1 aliphatic carbocycles. The van der Waals surface area contributed by atoms with Crippen molar-refractivity contribution in [1.82, 2.24) is 4.72 Å². The molecule has 118 valence electrons. The first kappa shape index (κ1) is 16.6. The summed E-state index contributed by atoms with van der Waals surface area (Å²) in [5.74, 6) is 1.24. The van der Waals surface area contributed by atoms with Crippen molar-refractivity contribution >= 4 is 27.3 Å². The van der Waals surface area contributed by atoms with Crippen LogP contribution in [0.1, 0.15) is 39.0 Å². The van der Waals surface area contributed by atoms with Crippen LogP contribution < -0.4 is 10.5 Å². The van der Waals surface area contributed by atoms with E-state index in [1.165, 1.54) is 31.4 Å². The van der Waals surface area contributed by atoms with E-state index < -0.39 is 10.0 Å². The fraction of sp³-hybridized carbons (Fsp3) is 0.600. The van der Waals surface area contributed by atoms with Gasteiger partial charge in [0.1, 0.15) is 4.90 Å². The highest BCUT2D eigenvalue weighted by atomic mass is 35.5. The summed E-state index contributed by atoms with van der Waals surface area (Å²) in [7, 11) is -3.56. The summed E-state index contributed by atoms with van der Waals surface area (Å²) in [5, 5.41) is 0.435. The van der Waals surface area contributed by atoms with Crippen LogP contribution in [0.3, 0.4) is 0 Å². The number of nitrogens with one attached hydrogen (secondary N) is 1. The number of rotatable bonds is 5. The molecule has 0 amide bonds. The number of hydrogen-bond donors (Lipinski definition) is 2. The topological polar surface area (TPSA) is 72.2 Å². The zero-order valence-corrected chi connectivity index (χ0v) is 13.9. The van der Waals surface area contributed by atoms with E-state index in [0.29, 0.717) is 17.5 Å². The lowest BCUT2D eigenvalue weighted by molar-refractivity contribution is 0.270. The monoisotopic (exact) mass is 330 g/mol. The Hall–Kier alpha value is -0.780. The molecule has 21 heavy (non-hydrogen) atoms. The van der Waals surface area contributed by atoms with E-state index in [1.54, 1.807) is 6.07 Å². The molecular weight excluding hydrogens is 308 g/mol. The van der Waals surface area contributed by atoms with Crippen LogP contribution in [0.15, 0.2) is 23.1 Å². The van der Waals surface area contributed by atoms with Crippen molar-refractivity contribution in [2.45, 2.75) is 43.9 Å². The van der Waals surface area contributed by atoms with E-state index in [-0.39, 0.29) is 10.6 Å². The highest BCUT2D eigenvalue weighted by molar-refractivity contribution is 7.89. The predicted octanol–water partition coefficient (Wildman–Crippen LogP) is 3.42. The fourth-order valence-electron chi connectivity index (χ4n) is 2.91. The van der Waals surface area contributed by atoms with Crippen LogP contribution in [-0.4, -0.2) is 15.0 Å². The molecule has 0 aliphatic heterocycles. The molecular formula is C15H23ClN2O2S. The lowest BCUT2D eigenvalue weighted by atomic mass is 9.81. The fourth-order valence-corrected chi connectivity index (χ4v) is 4.32. The van der Waals surface area contributed by atoms with Crippen LogP contribution >= 0.6 is 11.6 Å². The maximum atomic E-state index is 12.3. The Morgan fingerprint density at radius 3 is 2.43 bits per heavy atom. The quantitative estimate of drug-likeness (QED) is 0.812. The number of sulfonamides is 1. The highest BCUT2D eigenvalue weighted by Crippen LogP contribution is 2.30. The summed E-state index contributed by atoms with van der Waals surface area (Å²) in [5.41, 5.74) is 5.93. The lowest BCUT2D eigenvalue weighted by Crippen LogP contribution is -2.31. The van der Waals surface area contributed by atoms with E-state index in [9.17, 15) is 8.42 Å². The van der Waals surface area contributed by atoms with Gasteiger partial charge in [-0.05, 0) is 42.9 Å². The maximum Gasteiger partial charge on any atom is 0.242 e. The molecule has 6 heteroatoms. The summed E-state index contributed by atoms with van der Waals surface area (Å²) < 4.78 is 27.3. The summed E-state index contributed by atoms with van der Waals surface area (Å²) in [6.07, 6.45) is 5.81. The van der Waals surface area contributed by atoms with Gasteiger partial charge in [-0.1, -0.05) is 37.8 Å². The normalized spacial score (nSPS) is 23.1. The molecule has 0 saturated heterocycles. The van der Waals surface area contributed by atoms with E-state index in [0.717, 1.165) is 18.8 Å². The van der Waals surface area contributed by atoms with E-state index in [4.69, 9.17) is 17.3 Å². The minimum atomic E-state index is -3.56. The van der Waals surface area contributed by atoms with Gasteiger partial charge in [0, 0.05) is 11.6 Å². The molecule has 0 bridgehead atoms. The molecule has 0 unspecified atom stereocenters. The van der Waals surface area contributed by atoms with Gasteiger partial charge in [0.15, 0.2) is 0 Å². The van der Waals surface area contributed by atoms with Gasteiger partial charge in [0.05, 0.1) is 5.69 Å². The first-order valence-corrected chi connectivity index (χ1v) is 9.33. The third-order valence-electron chi connectivity index (χ3n) is 4.37. The Morgan fingerprint density at radius 2 is 1.86 bits per heavy atom. The van der Waals surface area contributed by atoms with Gasteiger partial charge in [0.2, 0.25) is 10.0 Å². The van der Waals surface area contributed by atoms with Gasteiger partial charge in [-0.2, -0.15) is 0 Å². The van der Waals surface area contributed by atoms with Crippen molar-refractivity contribution < 1.29 is 8.42 Å². The zero-order chi connectivity index (χ0) is 15.5. The van der Waals surface area contributed by atoms with Crippen LogP contribution in [0.25, 0.3) is 0 Å². The minimum Gasteiger partial charge on any atom is -0.398 e. The van der Waals surface area contributed by atoms with Crippen molar-refractivity contribution in [2.24, 2.45) is 11.8 Å². The Labute approximate surface area is 132 Å². The van der Waals surface area contributed by atoms with Gasteiger partial charge in [-0.25, -0.2) is 13.1 Å². The Morgan fingerprint density at radius 1 is 1.24 bits per heavy atom. The van der Waals surface area contributed by atoms with Crippen LogP contribution in [0.4, 0.5) is 5.69 Å². The molecule has 0 atom stereocenters. The van der Waals surface area contributed by atoms with Crippen LogP contribution in [0.2, 0.25) is 5.02 Å². The molecule has 0 aromatic heterocycles. The second-order valence-electron chi connectivity index (χ2n) is 5.83. The van der Waals surface area contributed by atoms with Crippen molar-refractivity contribution in [1.29, 1.82) is 0 Å². The molecule has 1 fully saturated rings. The second-order valence-corrected chi connectivity index (χ2v) is 8.00. The van der Waals surface area contributed by atoms with E-state index in [1.807, 2.05) is 0 Å². The first-order valence-electron chi connectivity index (χ1n) is 7.47. The third-order valence-corrected chi connectivity index (χ3v) is 6.10. The van der Waals surface area contributed by atoms with E-state index in [2.05, 4.69) is 11.6 Å². The molecule has 1 aromatic carbocycles. The molecule has 1 aromatic rings. The van der Waals surface area contributed by atoms with Gasteiger partial charge in [-0.15, -0.1) is 0 Å². The first-order chi connectivity index (χ1) is 9.92. The van der Waals surface area contributed by atoms with Crippen LogP contribution in [0, 0.1) is 11.8 Å². The van der Waals surface area contributed by atoms with Crippen molar-refractivity contribution in [3.8, 4) is 0 Å². The minimum absolute atomic E-state index is 0.106. The lowest BCUT2D eigenvalue weighted by Gasteiger charge is -2.27. The smallest absolute Gasteiger partial charge is 0.242 e. The van der Waals surface area contributed by atoms with Crippen LogP contribution in [-0.2, 0) is 10.0 Å². The summed E-state index contributed by atoms with van der Waals surface area (Å²) in [6.45, 7) is 2.71. The molecule has 1 saturated carbocycles. The van der Waals surface area contributed by atoms with Gasteiger partial charge < -0.3 is 5.73 Å². The Balaban J connectivity index is 1.96. The molecule has 4 nitrogen and oxygen atoms in total. The number of halogens is 1. The average Bonchev–Trinajstić information content (AvgIpc) is 2.45. The number of hydrogen-bond acceptors (Lipinski definition) is 3. The predicted molar refractivity (Wildman–Crippen MR) is 86.8 cm³/mol. The Kier molecular flexibility index (Phi) is 5.52. The summed E-state index contributed by atoms with van der Waals surface area (Å²) in [4.78, 5) is 0.106. The SMILES string of the molecule is CCC1CCC(CNS(=O)(=O)c2ccc(Cl)cc2N)CC1. The zero-order valence-electron chi connectivity index (χ0n) is 12.3. The van der Waals surface area contributed by atoms with E-state index >= 15 is 0 Å². The summed E-state index contributed by atoms with van der Waals surface area (Å²) in [6, 6.07) is 4.45. The molecule has 1 aliphatic rings. The number of benzene rings is 1. The molecule has 3 N–H and O–H groups in total. The largest absolute Gasteiger partial charge is 0.398 e. The molecule has 0 spiro atoms. The standard InChI is InChI=1S/C15H23ClN2O2S/c1-2-11-3-5-12(6-4-11)10-18-21(19,20)15-8-7-13(16)9-14(15)17/h7-9,11-12,18H,2-6,10,17H2,1H3. The van der Waals surface area contributed by atoms with Crippen molar-refractivity contribution in [3.63, 3.8) is 0 Å². The van der Waals surface area contributed by atoms with Gasteiger partial charge >= 0.3 is 0 Å². The van der Waals surface area contributed by atoms with Gasteiger partial charge in [-0.3, -0.25) is 0 Å². The molecule has 0 heterocycles. The Bertz CT molecular complexity index is 581. The number of nitrogen functional groups attached to an aromatic ring is 1.